The van der Waals surface area contributed by atoms with Crippen molar-refractivity contribution in [1.29, 1.82) is 0 Å². The molecule has 0 heterocycles. The molecule has 236 valence electrons. The molecule has 11 heteroatoms. The van der Waals surface area contributed by atoms with Crippen molar-refractivity contribution >= 4 is 18.1 Å². The van der Waals surface area contributed by atoms with Crippen LogP contribution in [0, 0.1) is 0 Å². The van der Waals surface area contributed by atoms with E-state index in [1.165, 1.54) is 22.3 Å². The maximum Gasteiger partial charge on any atom is 0.408 e. The molecule has 0 aliphatic heterocycles. The first-order chi connectivity index (χ1) is 20.7. The predicted octanol–water partition coefficient (Wildman–Crippen LogP) is 4.00. The molecule has 3 rings (SSSR count). The lowest BCUT2D eigenvalue weighted by Crippen LogP contribution is -2.40. The molecular weight excluding hydrogens is 554 g/mol. The molecule has 0 atom stereocenters. The lowest BCUT2D eigenvalue weighted by Gasteiger charge is -2.19. The van der Waals surface area contributed by atoms with Gasteiger partial charge in [0.05, 0.1) is 33.0 Å². The average molecular weight is 600 g/mol. The Hall–Kier alpha value is -3.67. The van der Waals surface area contributed by atoms with Gasteiger partial charge in [-0.15, -0.1) is 0 Å². The van der Waals surface area contributed by atoms with E-state index in [2.05, 4.69) is 40.2 Å². The molecule has 0 fully saturated rings. The van der Waals surface area contributed by atoms with E-state index in [1.54, 1.807) is 20.8 Å². The maximum absolute atomic E-state index is 12.2. The third-order valence-electron chi connectivity index (χ3n) is 6.40. The van der Waals surface area contributed by atoms with Crippen molar-refractivity contribution in [2.45, 2.75) is 45.1 Å². The number of fused-ring (bicyclic) bond motifs is 3. The normalized spacial score (nSPS) is 12.3. The summed E-state index contributed by atoms with van der Waals surface area (Å²) in [7, 11) is 0. The first-order valence-corrected chi connectivity index (χ1v) is 14.8. The molecule has 2 aromatic rings. The minimum absolute atomic E-state index is 0.0424. The Kier molecular flexibility index (Phi) is 14.2. The second-order valence-corrected chi connectivity index (χ2v) is 11.0. The van der Waals surface area contributed by atoms with Crippen LogP contribution in [0.5, 0.6) is 0 Å². The van der Waals surface area contributed by atoms with Crippen LogP contribution in [-0.2, 0) is 28.5 Å². The molecule has 11 nitrogen and oxygen atoms in total. The van der Waals surface area contributed by atoms with Gasteiger partial charge in [0.1, 0.15) is 12.2 Å². The van der Waals surface area contributed by atoms with Gasteiger partial charge in [-0.05, 0) is 55.9 Å². The van der Waals surface area contributed by atoms with Crippen LogP contribution in [0.3, 0.4) is 0 Å². The summed E-state index contributed by atoms with van der Waals surface area (Å²) in [4.78, 5) is 35.5. The number of alkyl carbamates (subject to hydrolysis) is 2. The van der Waals surface area contributed by atoms with Crippen LogP contribution in [0.25, 0.3) is 11.1 Å². The molecular formula is C32H45N3O8. The third kappa shape index (κ3) is 12.6. The van der Waals surface area contributed by atoms with Crippen molar-refractivity contribution < 1.29 is 38.1 Å². The van der Waals surface area contributed by atoms with E-state index in [0.29, 0.717) is 72.2 Å². The van der Waals surface area contributed by atoms with E-state index in [1.807, 2.05) is 24.3 Å². The standard InChI is InChI=1S/C32H45N3O8/c1-32(2,3)43-31(38)35-22-29(36)33-14-8-16-39-18-20-41-21-19-40-17-9-15-34-30(37)42-23-28-26-12-6-4-10-24(26)25-11-5-7-13-27(25)28/h4-7,10-13,28H,8-9,14-23H2,1-3H3,(H,33,36)(H,34,37)(H,35,38). The highest BCUT2D eigenvalue weighted by molar-refractivity contribution is 5.82. The Morgan fingerprint density at radius 3 is 1.74 bits per heavy atom. The van der Waals surface area contributed by atoms with E-state index >= 15 is 0 Å². The summed E-state index contributed by atoms with van der Waals surface area (Å²) in [6.07, 6.45) is 0.258. The Bertz CT molecular complexity index is 1120. The molecule has 1 aliphatic carbocycles. The fourth-order valence-electron chi connectivity index (χ4n) is 4.49. The molecule has 0 radical (unpaired) electrons. The van der Waals surface area contributed by atoms with Crippen LogP contribution in [0.2, 0.25) is 0 Å². The number of carbonyl (C=O) groups excluding carboxylic acids is 3. The molecule has 0 saturated carbocycles. The van der Waals surface area contributed by atoms with Gasteiger partial charge in [0, 0.05) is 32.2 Å². The molecule has 0 bridgehead atoms. The van der Waals surface area contributed by atoms with Crippen molar-refractivity contribution in [1.82, 2.24) is 16.0 Å². The first-order valence-electron chi connectivity index (χ1n) is 14.8. The van der Waals surface area contributed by atoms with E-state index in [0.717, 1.165) is 0 Å². The fourth-order valence-corrected chi connectivity index (χ4v) is 4.49. The summed E-state index contributed by atoms with van der Waals surface area (Å²) in [6.45, 7) is 9.10. The molecule has 3 amide bonds. The van der Waals surface area contributed by atoms with Gasteiger partial charge in [-0.25, -0.2) is 9.59 Å². The van der Waals surface area contributed by atoms with E-state index in [9.17, 15) is 14.4 Å². The Labute approximate surface area is 253 Å². The molecule has 1 aliphatic rings. The summed E-state index contributed by atoms with van der Waals surface area (Å²) >= 11 is 0. The largest absolute Gasteiger partial charge is 0.449 e. The van der Waals surface area contributed by atoms with Crippen LogP contribution in [0.1, 0.15) is 50.7 Å². The number of benzene rings is 2. The van der Waals surface area contributed by atoms with Crippen molar-refractivity contribution in [2.75, 3.05) is 65.9 Å². The monoisotopic (exact) mass is 599 g/mol. The smallest absolute Gasteiger partial charge is 0.408 e. The second-order valence-electron chi connectivity index (χ2n) is 11.0. The topological polar surface area (TPSA) is 133 Å². The Morgan fingerprint density at radius 1 is 0.674 bits per heavy atom. The second kappa shape index (κ2) is 18.1. The minimum Gasteiger partial charge on any atom is -0.449 e. The van der Waals surface area contributed by atoms with Gasteiger partial charge in [0.25, 0.3) is 0 Å². The Morgan fingerprint density at radius 2 is 1.19 bits per heavy atom. The molecule has 0 saturated heterocycles. The number of hydrogen-bond acceptors (Lipinski definition) is 8. The van der Waals surface area contributed by atoms with Crippen LogP contribution in [-0.4, -0.2) is 89.6 Å². The summed E-state index contributed by atoms with van der Waals surface area (Å²) < 4.78 is 27.1. The van der Waals surface area contributed by atoms with E-state index in [-0.39, 0.29) is 18.4 Å². The van der Waals surface area contributed by atoms with Crippen LogP contribution < -0.4 is 16.0 Å². The highest BCUT2D eigenvalue weighted by atomic mass is 16.6. The van der Waals surface area contributed by atoms with Gasteiger partial charge < -0.3 is 39.6 Å². The third-order valence-corrected chi connectivity index (χ3v) is 6.40. The van der Waals surface area contributed by atoms with Crippen LogP contribution >= 0.6 is 0 Å². The van der Waals surface area contributed by atoms with Crippen molar-refractivity contribution in [2.24, 2.45) is 0 Å². The highest BCUT2D eigenvalue weighted by Gasteiger charge is 2.28. The molecule has 3 N–H and O–H groups in total. The predicted molar refractivity (Wildman–Crippen MR) is 162 cm³/mol. The molecule has 2 aromatic carbocycles. The van der Waals surface area contributed by atoms with E-state index < -0.39 is 17.8 Å². The SMILES string of the molecule is CC(C)(C)OC(=O)NCC(=O)NCCCOCCOCCOCCCNC(=O)OCC1c2ccccc2-c2ccccc21. The number of nitrogens with one attached hydrogen (secondary N) is 3. The summed E-state index contributed by atoms with van der Waals surface area (Å²) in [5.74, 6) is -0.247. The van der Waals surface area contributed by atoms with Gasteiger partial charge in [0.2, 0.25) is 5.91 Å². The first kappa shape index (κ1) is 33.8. The molecule has 0 spiro atoms. The number of ether oxygens (including phenoxy) is 5. The zero-order valence-electron chi connectivity index (χ0n) is 25.4. The zero-order chi connectivity index (χ0) is 30.9. The summed E-state index contributed by atoms with van der Waals surface area (Å²) in [5, 5.41) is 7.90. The van der Waals surface area contributed by atoms with Crippen LogP contribution in [0.15, 0.2) is 48.5 Å². The van der Waals surface area contributed by atoms with Gasteiger partial charge in [-0.3, -0.25) is 4.79 Å². The van der Waals surface area contributed by atoms with Crippen molar-refractivity contribution in [3.05, 3.63) is 59.7 Å². The van der Waals surface area contributed by atoms with Crippen molar-refractivity contribution in [3.63, 3.8) is 0 Å². The highest BCUT2D eigenvalue weighted by Crippen LogP contribution is 2.44. The number of rotatable bonds is 18. The quantitative estimate of drug-likeness (QED) is 0.219. The molecule has 43 heavy (non-hydrogen) atoms. The van der Waals surface area contributed by atoms with Gasteiger partial charge in [-0.1, -0.05) is 48.5 Å². The Balaban J connectivity index is 1.09. The van der Waals surface area contributed by atoms with E-state index in [4.69, 9.17) is 23.7 Å². The van der Waals surface area contributed by atoms with Gasteiger partial charge in [-0.2, -0.15) is 0 Å². The summed E-state index contributed by atoms with van der Waals surface area (Å²) in [6, 6.07) is 16.5. The summed E-state index contributed by atoms with van der Waals surface area (Å²) in [5.41, 5.74) is 4.17. The minimum atomic E-state index is -0.625. The number of hydrogen-bond donors (Lipinski definition) is 3. The van der Waals surface area contributed by atoms with Gasteiger partial charge in [0.15, 0.2) is 0 Å². The van der Waals surface area contributed by atoms with Crippen LogP contribution in [0.4, 0.5) is 9.59 Å². The number of carbonyl (C=O) groups is 3. The molecule has 0 unspecified atom stereocenters. The average Bonchev–Trinajstić information content (AvgIpc) is 3.29. The fraction of sp³-hybridized carbons (Fsp3) is 0.531. The zero-order valence-corrected chi connectivity index (χ0v) is 25.4. The lowest BCUT2D eigenvalue weighted by atomic mass is 9.98. The molecule has 0 aromatic heterocycles. The van der Waals surface area contributed by atoms with Crippen molar-refractivity contribution in [3.8, 4) is 11.1 Å². The lowest BCUT2D eigenvalue weighted by molar-refractivity contribution is -0.120. The maximum atomic E-state index is 12.2. The number of amides is 3. The van der Waals surface area contributed by atoms with Gasteiger partial charge >= 0.3 is 12.2 Å².